The molecule has 1 atom stereocenters. The molecule has 1 aromatic rings. The molecule has 0 saturated carbocycles. The fourth-order valence-electron chi connectivity index (χ4n) is 2.67. The maximum atomic E-state index is 5.44. The quantitative estimate of drug-likeness (QED) is 0.724. The maximum Gasteiger partial charge on any atom is 0.122 e. The van der Waals surface area contributed by atoms with Gasteiger partial charge in [-0.1, -0.05) is 26.8 Å². The Morgan fingerprint density at radius 2 is 2.00 bits per heavy atom. The second-order valence-electron chi connectivity index (χ2n) is 5.36. The molecule has 0 bridgehead atoms. The van der Waals surface area contributed by atoms with E-state index in [-0.39, 0.29) is 0 Å². The van der Waals surface area contributed by atoms with Gasteiger partial charge in [-0.3, -0.25) is 0 Å². The van der Waals surface area contributed by atoms with Crippen LogP contribution in [0.15, 0.2) is 18.2 Å². The van der Waals surface area contributed by atoms with E-state index in [0.29, 0.717) is 11.8 Å². The van der Waals surface area contributed by atoms with Crippen LogP contribution in [0.1, 0.15) is 49.8 Å². The molecule has 0 saturated heterocycles. The van der Waals surface area contributed by atoms with Crippen molar-refractivity contribution in [3.05, 3.63) is 34.9 Å². The Bertz CT molecular complexity index is 455. The first kappa shape index (κ1) is 12.2. The fourth-order valence-corrected chi connectivity index (χ4v) is 2.67. The summed E-state index contributed by atoms with van der Waals surface area (Å²) in [6, 6.07) is 4.51. The summed E-state index contributed by atoms with van der Waals surface area (Å²) in [4.78, 5) is 0. The fraction of sp³-hybridized carbons (Fsp3) is 0.500. The van der Waals surface area contributed by atoms with E-state index in [9.17, 15) is 0 Å². The molecule has 0 aliphatic heterocycles. The number of rotatable bonds is 2. The minimum Gasteiger partial charge on any atom is -0.496 e. The van der Waals surface area contributed by atoms with Crippen LogP contribution in [0, 0.1) is 12.8 Å². The molecule has 0 spiro atoms. The van der Waals surface area contributed by atoms with Crippen molar-refractivity contribution in [3.8, 4) is 5.75 Å². The van der Waals surface area contributed by atoms with Gasteiger partial charge < -0.3 is 4.74 Å². The number of allylic oxidation sites excluding steroid dienone is 2. The second-order valence-corrected chi connectivity index (χ2v) is 5.36. The average molecular weight is 230 g/mol. The van der Waals surface area contributed by atoms with Crippen molar-refractivity contribution in [3.63, 3.8) is 0 Å². The third-order valence-electron chi connectivity index (χ3n) is 3.72. The highest BCUT2D eigenvalue weighted by atomic mass is 16.5. The SMILES string of the molecule is COc1cc2c(cc1C)C(C(C)C)=CC[C@@H]2C. The molecular weight excluding hydrogens is 208 g/mol. The molecule has 0 unspecified atom stereocenters. The molecule has 0 N–H and O–H groups in total. The van der Waals surface area contributed by atoms with Crippen LogP contribution in [0.25, 0.3) is 5.57 Å². The molecule has 1 nitrogen and oxygen atoms in total. The van der Waals surface area contributed by atoms with Crippen molar-refractivity contribution in [2.45, 2.75) is 40.0 Å². The van der Waals surface area contributed by atoms with Crippen molar-refractivity contribution in [2.75, 3.05) is 7.11 Å². The molecule has 0 amide bonds. The van der Waals surface area contributed by atoms with E-state index in [2.05, 4.69) is 45.9 Å². The summed E-state index contributed by atoms with van der Waals surface area (Å²) in [6.07, 6.45) is 3.55. The first-order valence-electron chi connectivity index (χ1n) is 6.43. The van der Waals surface area contributed by atoms with Crippen molar-refractivity contribution in [1.29, 1.82) is 0 Å². The molecule has 0 fully saturated rings. The van der Waals surface area contributed by atoms with E-state index >= 15 is 0 Å². The highest BCUT2D eigenvalue weighted by molar-refractivity contribution is 5.73. The van der Waals surface area contributed by atoms with Crippen LogP contribution in [0.2, 0.25) is 0 Å². The van der Waals surface area contributed by atoms with Gasteiger partial charge in [0.15, 0.2) is 0 Å². The molecule has 92 valence electrons. The van der Waals surface area contributed by atoms with Crippen LogP contribution in [0.3, 0.4) is 0 Å². The number of hydrogen-bond donors (Lipinski definition) is 0. The predicted molar refractivity (Wildman–Crippen MR) is 73.6 cm³/mol. The van der Waals surface area contributed by atoms with Crippen LogP contribution < -0.4 is 4.74 Å². The number of fused-ring (bicyclic) bond motifs is 1. The van der Waals surface area contributed by atoms with Gasteiger partial charge >= 0.3 is 0 Å². The van der Waals surface area contributed by atoms with Gasteiger partial charge in [-0.05, 0) is 59.6 Å². The van der Waals surface area contributed by atoms with Crippen LogP contribution in [-0.4, -0.2) is 7.11 Å². The van der Waals surface area contributed by atoms with E-state index < -0.39 is 0 Å². The summed E-state index contributed by atoms with van der Waals surface area (Å²) in [5.74, 6) is 2.21. The molecule has 1 aliphatic rings. The highest BCUT2D eigenvalue weighted by Gasteiger charge is 2.21. The number of benzene rings is 1. The monoisotopic (exact) mass is 230 g/mol. The zero-order chi connectivity index (χ0) is 12.6. The lowest BCUT2D eigenvalue weighted by Crippen LogP contribution is -2.08. The van der Waals surface area contributed by atoms with Gasteiger partial charge in [0, 0.05) is 0 Å². The third kappa shape index (κ3) is 2.11. The van der Waals surface area contributed by atoms with Gasteiger partial charge in [-0.2, -0.15) is 0 Å². The van der Waals surface area contributed by atoms with Gasteiger partial charge in [0.05, 0.1) is 7.11 Å². The zero-order valence-corrected chi connectivity index (χ0v) is 11.5. The second kappa shape index (κ2) is 4.56. The molecule has 0 heterocycles. The summed E-state index contributed by atoms with van der Waals surface area (Å²) in [7, 11) is 1.75. The summed E-state index contributed by atoms with van der Waals surface area (Å²) in [5, 5.41) is 0. The topological polar surface area (TPSA) is 9.23 Å². The average Bonchev–Trinajstić information content (AvgIpc) is 2.28. The standard InChI is InChI=1S/C16H22O/c1-10(2)13-7-6-11(3)14-9-16(17-5)12(4)8-15(13)14/h7-11H,6H2,1-5H3/t11-/m0/s1. The zero-order valence-electron chi connectivity index (χ0n) is 11.5. The predicted octanol–water partition coefficient (Wildman–Crippen LogP) is 4.55. The van der Waals surface area contributed by atoms with Crippen LogP contribution >= 0.6 is 0 Å². The summed E-state index contributed by atoms with van der Waals surface area (Å²) < 4.78 is 5.44. The van der Waals surface area contributed by atoms with Crippen molar-refractivity contribution >= 4 is 5.57 Å². The van der Waals surface area contributed by atoms with Gasteiger partial charge in [0.2, 0.25) is 0 Å². The molecule has 1 aromatic carbocycles. The van der Waals surface area contributed by atoms with Gasteiger partial charge in [-0.25, -0.2) is 0 Å². The van der Waals surface area contributed by atoms with Gasteiger partial charge in [0.25, 0.3) is 0 Å². The van der Waals surface area contributed by atoms with E-state index in [1.54, 1.807) is 7.11 Å². The molecule has 2 rings (SSSR count). The third-order valence-corrected chi connectivity index (χ3v) is 3.72. The van der Waals surface area contributed by atoms with Crippen LogP contribution in [0.4, 0.5) is 0 Å². The van der Waals surface area contributed by atoms with Crippen molar-refractivity contribution in [2.24, 2.45) is 5.92 Å². The summed E-state index contributed by atoms with van der Waals surface area (Å²) in [6.45, 7) is 8.95. The molecule has 0 aromatic heterocycles. The highest BCUT2D eigenvalue weighted by Crippen LogP contribution is 2.40. The van der Waals surface area contributed by atoms with E-state index in [1.165, 1.54) is 22.3 Å². The lowest BCUT2D eigenvalue weighted by atomic mass is 9.79. The minimum atomic E-state index is 0.592. The number of ether oxygens (including phenoxy) is 1. The van der Waals surface area contributed by atoms with Gasteiger partial charge in [0.1, 0.15) is 5.75 Å². The Morgan fingerprint density at radius 1 is 1.29 bits per heavy atom. The number of methoxy groups -OCH3 is 1. The van der Waals surface area contributed by atoms with Crippen molar-refractivity contribution < 1.29 is 4.74 Å². The molecule has 1 heteroatoms. The van der Waals surface area contributed by atoms with Crippen LogP contribution in [-0.2, 0) is 0 Å². The minimum absolute atomic E-state index is 0.592. The maximum absolute atomic E-state index is 5.44. The number of aryl methyl sites for hydroxylation is 1. The number of hydrogen-bond acceptors (Lipinski definition) is 1. The largest absolute Gasteiger partial charge is 0.496 e. The van der Waals surface area contributed by atoms with E-state index in [0.717, 1.165) is 12.2 Å². The first-order chi connectivity index (χ1) is 8.04. The summed E-state index contributed by atoms with van der Waals surface area (Å²) >= 11 is 0. The van der Waals surface area contributed by atoms with E-state index in [1.807, 2.05) is 0 Å². The smallest absolute Gasteiger partial charge is 0.122 e. The van der Waals surface area contributed by atoms with E-state index in [4.69, 9.17) is 4.74 Å². The van der Waals surface area contributed by atoms with Crippen LogP contribution in [0.5, 0.6) is 5.75 Å². The first-order valence-corrected chi connectivity index (χ1v) is 6.43. The Hall–Kier alpha value is -1.24. The Morgan fingerprint density at radius 3 is 2.59 bits per heavy atom. The lowest BCUT2D eigenvalue weighted by molar-refractivity contribution is 0.410. The molecule has 0 radical (unpaired) electrons. The van der Waals surface area contributed by atoms with Crippen molar-refractivity contribution in [1.82, 2.24) is 0 Å². The lowest BCUT2D eigenvalue weighted by Gasteiger charge is -2.26. The Labute approximate surface area is 104 Å². The Kier molecular flexibility index (Phi) is 3.28. The summed E-state index contributed by atoms with van der Waals surface area (Å²) in [5.41, 5.74) is 5.59. The van der Waals surface area contributed by atoms with Gasteiger partial charge in [-0.15, -0.1) is 0 Å². The normalized spacial score (nSPS) is 18.9. The Balaban J connectivity index is 2.58. The molecular formula is C16H22O. The molecule has 17 heavy (non-hydrogen) atoms. The molecule has 1 aliphatic carbocycles.